The molecule has 0 heterocycles. The first-order valence-electron chi connectivity index (χ1n) is 3.98. The lowest BCUT2D eigenvalue weighted by Gasteiger charge is -2.06. The lowest BCUT2D eigenvalue weighted by atomic mass is 10.1. The van der Waals surface area contributed by atoms with Crippen molar-refractivity contribution in [2.75, 3.05) is 7.11 Å². The van der Waals surface area contributed by atoms with E-state index >= 15 is 0 Å². The van der Waals surface area contributed by atoms with Gasteiger partial charge < -0.3 is 10.6 Å². The first kappa shape index (κ1) is 9.51. The molecule has 0 saturated heterocycles. The molecule has 0 saturated carbocycles. The molecule has 0 amide bonds. The van der Waals surface area contributed by atoms with Gasteiger partial charge in [-0.05, 0) is 18.6 Å². The van der Waals surface area contributed by atoms with Crippen molar-refractivity contribution in [3.05, 3.63) is 29.3 Å². The van der Waals surface area contributed by atoms with Crippen LogP contribution in [0.15, 0.2) is 28.5 Å². The summed E-state index contributed by atoms with van der Waals surface area (Å²) in [5.41, 5.74) is 2.15. The van der Waals surface area contributed by atoms with Gasteiger partial charge in [0.25, 0.3) is 0 Å². The summed E-state index contributed by atoms with van der Waals surface area (Å²) in [7, 11) is 1.64. The van der Waals surface area contributed by atoms with Gasteiger partial charge >= 0.3 is 0 Å². The van der Waals surface area contributed by atoms with Crippen molar-refractivity contribution >= 4 is 0 Å². The molecule has 0 aliphatic carbocycles. The smallest absolute Gasteiger partial charge is 0.124 e. The molecule has 2 N–H and O–H groups in total. The minimum absolute atomic E-state index is 0.458. The Balaban J connectivity index is 2.92. The minimum atomic E-state index is 0.458. The molecule has 4 heteroatoms. The van der Waals surface area contributed by atoms with Crippen LogP contribution in [0.25, 0.3) is 0 Å². The van der Waals surface area contributed by atoms with Crippen molar-refractivity contribution in [3.8, 4) is 5.75 Å². The normalized spacial score (nSPS) is 10.6. The van der Waals surface area contributed by atoms with Gasteiger partial charge in [0, 0.05) is 5.56 Å². The summed E-state index contributed by atoms with van der Waals surface area (Å²) < 4.78 is 5.18. The number of rotatable bonds is 3. The van der Waals surface area contributed by atoms with Crippen LogP contribution in [-0.4, -0.2) is 7.11 Å². The molecule has 0 aromatic heterocycles. The van der Waals surface area contributed by atoms with Crippen LogP contribution in [-0.2, 0) is 6.54 Å². The van der Waals surface area contributed by atoms with E-state index in [9.17, 15) is 0 Å². The Morgan fingerprint density at radius 2 is 2.23 bits per heavy atom. The highest BCUT2D eigenvalue weighted by atomic mass is 16.5. The third-order valence-electron chi connectivity index (χ3n) is 1.77. The number of hydrogen-bond acceptors (Lipinski definition) is 3. The van der Waals surface area contributed by atoms with Crippen LogP contribution in [0.5, 0.6) is 5.75 Å². The largest absolute Gasteiger partial charge is 0.496 e. The molecular weight excluding hydrogens is 166 g/mol. The molecule has 13 heavy (non-hydrogen) atoms. The summed E-state index contributed by atoms with van der Waals surface area (Å²) in [4.78, 5) is 0. The fourth-order valence-corrected chi connectivity index (χ4v) is 1.10. The topological polar surface area (TPSA) is 60.0 Å². The van der Waals surface area contributed by atoms with Crippen LogP contribution >= 0.6 is 0 Å². The first-order chi connectivity index (χ1) is 6.27. The molecule has 1 rings (SSSR count). The molecule has 1 aromatic carbocycles. The van der Waals surface area contributed by atoms with Gasteiger partial charge in [-0.3, -0.25) is 0 Å². The van der Waals surface area contributed by atoms with E-state index < -0.39 is 0 Å². The van der Waals surface area contributed by atoms with Crippen molar-refractivity contribution < 1.29 is 4.74 Å². The van der Waals surface area contributed by atoms with Crippen molar-refractivity contribution in [3.63, 3.8) is 0 Å². The van der Waals surface area contributed by atoms with E-state index in [0.717, 1.165) is 16.9 Å². The van der Waals surface area contributed by atoms with Gasteiger partial charge in [-0.2, -0.15) is 5.11 Å². The zero-order valence-electron chi connectivity index (χ0n) is 7.82. The third-order valence-corrected chi connectivity index (χ3v) is 1.77. The number of nitrogens with two attached hydrogens (primary N) is 1. The Hall–Kier alpha value is -1.58. The third kappa shape index (κ3) is 2.43. The van der Waals surface area contributed by atoms with Gasteiger partial charge in [-0.1, -0.05) is 17.4 Å². The molecule has 0 aliphatic heterocycles. The summed E-state index contributed by atoms with van der Waals surface area (Å²) in [6.07, 6.45) is 0. The summed E-state index contributed by atoms with van der Waals surface area (Å²) in [6, 6.07) is 5.92. The molecular formula is C9H13N3O. The summed E-state index contributed by atoms with van der Waals surface area (Å²) >= 11 is 0. The van der Waals surface area contributed by atoms with Crippen LogP contribution in [0.1, 0.15) is 11.1 Å². The van der Waals surface area contributed by atoms with Crippen LogP contribution in [0, 0.1) is 6.92 Å². The Morgan fingerprint density at radius 1 is 1.46 bits per heavy atom. The quantitative estimate of drug-likeness (QED) is 0.437. The minimum Gasteiger partial charge on any atom is -0.496 e. The van der Waals surface area contributed by atoms with Gasteiger partial charge in [-0.25, -0.2) is 0 Å². The predicted molar refractivity (Wildman–Crippen MR) is 50.5 cm³/mol. The van der Waals surface area contributed by atoms with Crippen LogP contribution < -0.4 is 10.6 Å². The van der Waals surface area contributed by atoms with Crippen molar-refractivity contribution in [1.82, 2.24) is 0 Å². The van der Waals surface area contributed by atoms with E-state index in [2.05, 4.69) is 10.3 Å². The zero-order valence-corrected chi connectivity index (χ0v) is 7.82. The summed E-state index contributed by atoms with van der Waals surface area (Å²) in [5, 5.41) is 6.90. The summed E-state index contributed by atoms with van der Waals surface area (Å²) in [6.45, 7) is 2.47. The SMILES string of the molecule is COc1cc(C)ccc1CN=NN. The monoisotopic (exact) mass is 179 g/mol. The number of ether oxygens (including phenoxy) is 1. The molecule has 70 valence electrons. The number of nitrogens with zero attached hydrogens (tertiary/aromatic N) is 2. The average molecular weight is 179 g/mol. The second-order valence-corrected chi connectivity index (χ2v) is 2.73. The van der Waals surface area contributed by atoms with Crippen molar-refractivity contribution in [1.29, 1.82) is 0 Å². The Labute approximate surface area is 77.4 Å². The summed E-state index contributed by atoms with van der Waals surface area (Å²) in [5.74, 6) is 5.74. The van der Waals surface area contributed by atoms with Crippen molar-refractivity contribution in [2.45, 2.75) is 13.5 Å². The second kappa shape index (κ2) is 4.45. The molecule has 4 nitrogen and oxygen atoms in total. The standard InChI is InChI=1S/C9H13N3O/c1-7-3-4-8(6-11-12-10)9(5-7)13-2/h3-5H,6H2,1-2H3,(H2,10,11). The number of methoxy groups -OCH3 is 1. The van der Waals surface area contributed by atoms with E-state index in [1.54, 1.807) is 7.11 Å². The number of hydrogen-bond donors (Lipinski definition) is 1. The van der Waals surface area contributed by atoms with Crippen LogP contribution in [0.2, 0.25) is 0 Å². The highest BCUT2D eigenvalue weighted by Crippen LogP contribution is 2.20. The molecule has 1 aromatic rings. The molecule has 0 unspecified atom stereocenters. The zero-order chi connectivity index (χ0) is 9.68. The maximum atomic E-state index is 5.18. The lowest BCUT2D eigenvalue weighted by molar-refractivity contribution is 0.409. The molecule has 0 fully saturated rings. The molecule has 0 atom stereocenters. The predicted octanol–water partition coefficient (Wildman–Crippen LogP) is 1.83. The second-order valence-electron chi connectivity index (χ2n) is 2.73. The molecule has 0 aliphatic rings. The first-order valence-corrected chi connectivity index (χ1v) is 3.98. The fourth-order valence-electron chi connectivity index (χ4n) is 1.10. The van der Waals surface area contributed by atoms with Crippen LogP contribution in [0.3, 0.4) is 0 Å². The molecule has 0 bridgehead atoms. The van der Waals surface area contributed by atoms with Gasteiger partial charge in [0.2, 0.25) is 0 Å². The maximum absolute atomic E-state index is 5.18. The van der Waals surface area contributed by atoms with E-state index in [-0.39, 0.29) is 0 Å². The molecule has 0 spiro atoms. The van der Waals surface area contributed by atoms with Crippen LogP contribution in [0.4, 0.5) is 0 Å². The highest BCUT2D eigenvalue weighted by molar-refractivity contribution is 5.36. The Morgan fingerprint density at radius 3 is 2.85 bits per heavy atom. The fraction of sp³-hybridized carbons (Fsp3) is 0.333. The highest BCUT2D eigenvalue weighted by Gasteiger charge is 2.01. The van der Waals surface area contributed by atoms with Crippen molar-refractivity contribution in [2.24, 2.45) is 16.2 Å². The van der Waals surface area contributed by atoms with Gasteiger partial charge in [0.05, 0.1) is 13.7 Å². The number of benzene rings is 1. The maximum Gasteiger partial charge on any atom is 0.124 e. The van der Waals surface area contributed by atoms with Gasteiger partial charge in [-0.15, -0.1) is 0 Å². The lowest BCUT2D eigenvalue weighted by Crippen LogP contribution is -1.91. The molecule has 0 radical (unpaired) electrons. The average Bonchev–Trinajstić information content (AvgIpc) is 2.16. The van der Waals surface area contributed by atoms with Gasteiger partial charge in [0.1, 0.15) is 5.75 Å². The Bertz CT molecular complexity index is 310. The van der Waals surface area contributed by atoms with E-state index in [1.165, 1.54) is 0 Å². The Kier molecular flexibility index (Phi) is 3.25. The van der Waals surface area contributed by atoms with E-state index in [0.29, 0.717) is 6.54 Å². The number of aryl methyl sites for hydroxylation is 1. The van der Waals surface area contributed by atoms with E-state index in [1.807, 2.05) is 25.1 Å². The van der Waals surface area contributed by atoms with Gasteiger partial charge in [0.15, 0.2) is 0 Å². The van der Waals surface area contributed by atoms with E-state index in [4.69, 9.17) is 10.6 Å².